The molecular weight excluding hydrogens is 316 g/mol. The molecule has 2 aliphatic rings. The van der Waals surface area contributed by atoms with E-state index in [-0.39, 0.29) is 19.1 Å². The third-order valence-electron chi connectivity index (χ3n) is 4.70. The lowest BCUT2D eigenvalue weighted by atomic mass is 9.79. The van der Waals surface area contributed by atoms with Crippen molar-refractivity contribution < 1.29 is 13.9 Å². The van der Waals surface area contributed by atoms with Gasteiger partial charge in [0.1, 0.15) is 6.17 Å². The van der Waals surface area contributed by atoms with Crippen molar-refractivity contribution in [1.82, 2.24) is 5.32 Å². The Morgan fingerprint density at radius 2 is 2.24 bits per heavy atom. The van der Waals surface area contributed by atoms with Gasteiger partial charge in [-0.05, 0) is 31.0 Å². The van der Waals surface area contributed by atoms with Crippen molar-refractivity contribution in [3.63, 3.8) is 0 Å². The van der Waals surface area contributed by atoms with Crippen molar-refractivity contribution in [3.8, 4) is 0 Å². The smallest absolute Gasteiger partial charge is 0.314 e. The minimum absolute atomic E-state index is 0.224. The van der Waals surface area contributed by atoms with Gasteiger partial charge in [-0.25, -0.2) is 4.39 Å². The number of hydrogen-bond donors (Lipinski definition) is 1. The monoisotopic (exact) mass is 331 g/mol. The molecule has 3 rings (SSSR count). The highest BCUT2D eigenvalue weighted by atomic mass is 35.5. The highest BCUT2D eigenvalue weighted by Crippen LogP contribution is 2.69. The first-order valence-corrected chi connectivity index (χ1v) is 7.71. The Labute approximate surface area is 132 Å². The number of halogens is 3. The molecule has 0 amide bonds. The maximum Gasteiger partial charge on any atom is 0.314 e. The molecule has 1 N–H and O–H groups in total. The summed E-state index contributed by atoms with van der Waals surface area (Å²) in [5, 5.41) is 3.79. The lowest BCUT2D eigenvalue weighted by Crippen LogP contribution is -2.50. The van der Waals surface area contributed by atoms with Crippen LogP contribution < -0.4 is 5.32 Å². The maximum absolute atomic E-state index is 14.7. The fourth-order valence-electron chi connectivity index (χ4n) is 3.58. The second-order valence-corrected chi connectivity index (χ2v) is 6.49. The van der Waals surface area contributed by atoms with E-state index in [4.69, 9.17) is 27.9 Å². The summed E-state index contributed by atoms with van der Waals surface area (Å²) in [6.45, 7) is 2.68. The van der Waals surface area contributed by atoms with Crippen molar-refractivity contribution in [2.75, 3.05) is 19.7 Å². The van der Waals surface area contributed by atoms with Gasteiger partial charge >= 0.3 is 5.97 Å². The molecule has 3 atom stereocenters. The van der Waals surface area contributed by atoms with Crippen LogP contribution in [-0.4, -0.2) is 31.8 Å². The third kappa shape index (κ3) is 2.00. The molecule has 1 saturated carbocycles. The molecule has 1 aromatic rings. The van der Waals surface area contributed by atoms with E-state index in [0.717, 1.165) is 5.56 Å². The molecule has 1 heterocycles. The maximum atomic E-state index is 14.7. The fourth-order valence-corrected chi connectivity index (χ4v) is 3.88. The minimum Gasteiger partial charge on any atom is -0.465 e. The topological polar surface area (TPSA) is 38.3 Å². The van der Waals surface area contributed by atoms with E-state index in [1.165, 1.54) is 0 Å². The molecular formula is C15H16Cl2FNO2. The molecule has 21 heavy (non-hydrogen) atoms. The van der Waals surface area contributed by atoms with Crippen molar-refractivity contribution >= 4 is 29.2 Å². The first-order valence-electron chi connectivity index (χ1n) is 6.95. The molecule has 1 saturated heterocycles. The fraction of sp³-hybridized carbons (Fsp3) is 0.533. The van der Waals surface area contributed by atoms with E-state index < -0.39 is 17.0 Å². The number of ether oxygens (including phenoxy) is 1. The summed E-state index contributed by atoms with van der Waals surface area (Å²) in [7, 11) is 0. The number of esters is 1. The van der Waals surface area contributed by atoms with E-state index in [0.29, 0.717) is 23.0 Å². The predicted octanol–water partition coefficient (Wildman–Crippen LogP) is 3.13. The van der Waals surface area contributed by atoms with Crippen molar-refractivity contribution in [2.45, 2.75) is 24.9 Å². The number of rotatable bonds is 3. The lowest BCUT2D eigenvalue weighted by Gasteiger charge is -2.33. The van der Waals surface area contributed by atoms with Crippen molar-refractivity contribution in [1.29, 1.82) is 0 Å². The molecule has 2 fully saturated rings. The number of piperidine rings is 1. The number of hydrogen-bond acceptors (Lipinski definition) is 3. The van der Waals surface area contributed by atoms with Crippen LogP contribution in [0.2, 0.25) is 10.0 Å². The van der Waals surface area contributed by atoms with Gasteiger partial charge in [-0.1, -0.05) is 29.3 Å². The van der Waals surface area contributed by atoms with Gasteiger partial charge in [-0.3, -0.25) is 4.79 Å². The standard InChI is InChI=1S/C15H16Cl2FNO2/c1-2-21-13(20)14-7-15(14,12(18)6-19-8-14)9-3-4-10(16)11(17)5-9/h3-5,12,19H,2,6-8H2,1H3/t12-,14+,15-/m0/s1. The number of alkyl halides is 1. The van der Waals surface area contributed by atoms with E-state index in [1.54, 1.807) is 25.1 Å². The zero-order valence-corrected chi connectivity index (χ0v) is 13.1. The van der Waals surface area contributed by atoms with Crippen LogP contribution in [0.25, 0.3) is 0 Å². The SMILES string of the molecule is CCOC(=O)[C@@]12CNC[C@H](F)[C@@]1(c1ccc(Cl)c(Cl)c1)C2. The van der Waals surface area contributed by atoms with Crippen LogP contribution in [0.1, 0.15) is 18.9 Å². The van der Waals surface area contributed by atoms with Crippen molar-refractivity contribution in [2.24, 2.45) is 5.41 Å². The van der Waals surface area contributed by atoms with Gasteiger partial charge in [-0.2, -0.15) is 0 Å². The van der Waals surface area contributed by atoms with Gasteiger partial charge in [0.25, 0.3) is 0 Å². The van der Waals surface area contributed by atoms with Crippen LogP contribution in [-0.2, 0) is 14.9 Å². The number of benzene rings is 1. The van der Waals surface area contributed by atoms with Crippen LogP contribution in [0.15, 0.2) is 18.2 Å². The molecule has 114 valence electrons. The summed E-state index contributed by atoms with van der Waals surface area (Å²) in [5.41, 5.74) is -0.963. The van der Waals surface area contributed by atoms with Gasteiger partial charge in [-0.15, -0.1) is 0 Å². The van der Waals surface area contributed by atoms with Gasteiger partial charge in [0.15, 0.2) is 0 Å². The van der Waals surface area contributed by atoms with Gasteiger partial charge in [0.05, 0.1) is 22.1 Å². The Morgan fingerprint density at radius 3 is 2.90 bits per heavy atom. The van der Waals surface area contributed by atoms with E-state index in [1.807, 2.05) is 0 Å². The van der Waals surface area contributed by atoms with Crippen LogP contribution in [0.3, 0.4) is 0 Å². The first-order chi connectivity index (χ1) is 9.98. The Morgan fingerprint density at radius 1 is 1.48 bits per heavy atom. The largest absolute Gasteiger partial charge is 0.465 e. The second kappa shape index (κ2) is 5.11. The van der Waals surface area contributed by atoms with Crippen LogP contribution in [0.5, 0.6) is 0 Å². The van der Waals surface area contributed by atoms with Crippen molar-refractivity contribution in [3.05, 3.63) is 33.8 Å². The Bertz CT molecular complexity index is 597. The molecule has 0 unspecified atom stereocenters. The highest BCUT2D eigenvalue weighted by molar-refractivity contribution is 6.42. The Balaban J connectivity index is 2.04. The normalized spacial score (nSPS) is 34.2. The molecule has 1 aromatic carbocycles. The summed E-state index contributed by atoms with van der Waals surface area (Å²) in [5.74, 6) is -0.342. The minimum atomic E-state index is -1.16. The van der Waals surface area contributed by atoms with E-state index in [9.17, 15) is 9.18 Å². The summed E-state index contributed by atoms with van der Waals surface area (Å²) in [6.07, 6.45) is -0.724. The number of nitrogens with one attached hydrogen (secondary N) is 1. The summed E-state index contributed by atoms with van der Waals surface area (Å²) in [6, 6.07) is 5.08. The molecule has 3 nitrogen and oxygen atoms in total. The summed E-state index contributed by atoms with van der Waals surface area (Å²) < 4.78 is 19.9. The zero-order chi connectivity index (χ0) is 15.3. The van der Waals surface area contributed by atoms with E-state index >= 15 is 0 Å². The molecule has 0 bridgehead atoms. The Kier molecular flexibility index (Phi) is 3.67. The quantitative estimate of drug-likeness (QED) is 0.865. The second-order valence-electron chi connectivity index (χ2n) is 5.68. The zero-order valence-electron chi connectivity index (χ0n) is 11.6. The van der Waals surface area contributed by atoms with Crippen LogP contribution in [0.4, 0.5) is 4.39 Å². The van der Waals surface area contributed by atoms with Gasteiger partial charge < -0.3 is 10.1 Å². The number of carbonyl (C=O) groups is 1. The average Bonchev–Trinajstić information content (AvgIpc) is 3.16. The van der Waals surface area contributed by atoms with Crippen LogP contribution in [0, 0.1) is 5.41 Å². The Hall–Kier alpha value is -0.840. The van der Waals surface area contributed by atoms with Gasteiger partial charge in [0, 0.05) is 18.5 Å². The summed E-state index contributed by atoms with van der Waals surface area (Å²) in [4.78, 5) is 12.3. The molecule has 0 radical (unpaired) electrons. The molecule has 6 heteroatoms. The van der Waals surface area contributed by atoms with Crippen LogP contribution >= 0.6 is 23.2 Å². The van der Waals surface area contributed by atoms with E-state index in [2.05, 4.69) is 5.32 Å². The summed E-state index contributed by atoms with van der Waals surface area (Å²) >= 11 is 12.0. The highest BCUT2D eigenvalue weighted by Gasteiger charge is 2.78. The molecule has 0 aromatic heterocycles. The predicted molar refractivity (Wildman–Crippen MR) is 79.6 cm³/mol. The lowest BCUT2D eigenvalue weighted by molar-refractivity contribution is -0.151. The number of fused-ring (bicyclic) bond motifs is 1. The first kappa shape index (κ1) is 15.1. The average molecular weight is 332 g/mol. The molecule has 0 spiro atoms. The number of carbonyl (C=O) groups excluding carboxylic acids is 1. The molecule has 1 aliphatic carbocycles. The molecule has 1 aliphatic heterocycles. The third-order valence-corrected chi connectivity index (χ3v) is 5.43. The van der Waals surface area contributed by atoms with Gasteiger partial charge in [0.2, 0.25) is 0 Å².